The van der Waals surface area contributed by atoms with Crippen LogP contribution in [0.3, 0.4) is 0 Å². The third-order valence-electron chi connectivity index (χ3n) is 4.28. The first-order chi connectivity index (χ1) is 13.4. The highest BCUT2D eigenvalue weighted by Gasteiger charge is 2.16. The van der Waals surface area contributed by atoms with Crippen LogP contribution in [0, 0.1) is 0 Å². The predicted molar refractivity (Wildman–Crippen MR) is 106 cm³/mol. The lowest BCUT2D eigenvalue weighted by Crippen LogP contribution is -2.23. The smallest absolute Gasteiger partial charge is 0.337 e. The van der Waals surface area contributed by atoms with E-state index in [4.69, 9.17) is 4.74 Å². The minimum absolute atomic E-state index is 0.0145. The number of nitrogens with zero attached hydrogens (tertiary/aromatic N) is 1. The summed E-state index contributed by atoms with van der Waals surface area (Å²) in [6.45, 7) is 2.34. The molecule has 0 saturated heterocycles. The summed E-state index contributed by atoms with van der Waals surface area (Å²) >= 11 is 0. The summed E-state index contributed by atoms with van der Waals surface area (Å²) in [4.78, 5) is 37.0. The molecule has 1 amide bonds. The van der Waals surface area contributed by atoms with Crippen LogP contribution < -0.4 is 15.5 Å². The molecule has 7 nitrogen and oxygen atoms in total. The summed E-state index contributed by atoms with van der Waals surface area (Å²) < 4.78 is 11.8. The molecular formula is C21H20N2O5. The molecule has 0 fully saturated rings. The van der Waals surface area contributed by atoms with Gasteiger partial charge in [-0.2, -0.15) is 0 Å². The number of aryl methyl sites for hydroxylation is 1. The zero-order valence-electron chi connectivity index (χ0n) is 15.8. The van der Waals surface area contributed by atoms with Crippen molar-refractivity contribution in [2.75, 3.05) is 19.0 Å². The maximum atomic E-state index is 12.9. The fraction of sp³-hybridized carbons (Fsp3) is 0.190. The first kappa shape index (κ1) is 19.2. The van der Waals surface area contributed by atoms with Gasteiger partial charge in [0.25, 0.3) is 5.91 Å². The van der Waals surface area contributed by atoms with Gasteiger partial charge in [0.15, 0.2) is 0 Å². The second-order valence-corrected chi connectivity index (χ2v) is 6.12. The van der Waals surface area contributed by atoms with E-state index in [9.17, 15) is 14.4 Å². The van der Waals surface area contributed by atoms with Crippen molar-refractivity contribution in [2.45, 2.75) is 6.92 Å². The summed E-state index contributed by atoms with van der Waals surface area (Å²) in [6, 6.07) is 11.4. The van der Waals surface area contributed by atoms with Crippen LogP contribution in [0.5, 0.6) is 5.75 Å². The lowest BCUT2D eigenvalue weighted by Gasteiger charge is -2.11. The summed E-state index contributed by atoms with van der Waals surface area (Å²) in [6.07, 6.45) is 1.50. The van der Waals surface area contributed by atoms with E-state index in [-0.39, 0.29) is 11.0 Å². The van der Waals surface area contributed by atoms with E-state index in [1.54, 1.807) is 41.9 Å². The second-order valence-electron chi connectivity index (χ2n) is 6.12. The Morgan fingerprint density at radius 1 is 1.11 bits per heavy atom. The lowest BCUT2D eigenvalue weighted by molar-refractivity contribution is 0.0600. The first-order valence-corrected chi connectivity index (χ1v) is 8.70. The number of ether oxygens (including phenoxy) is 2. The van der Waals surface area contributed by atoms with Crippen molar-refractivity contribution in [1.82, 2.24) is 4.57 Å². The highest BCUT2D eigenvalue weighted by molar-refractivity contribution is 6.06. The fourth-order valence-electron chi connectivity index (χ4n) is 2.90. The Hall–Kier alpha value is -3.61. The number of fused-ring (bicyclic) bond motifs is 1. The molecule has 2 aromatic carbocycles. The molecule has 1 heterocycles. The molecule has 3 rings (SSSR count). The molecule has 0 unspecified atom stereocenters. The Labute approximate surface area is 161 Å². The Morgan fingerprint density at radius 2 is 1.82 bits per heavy atom. The van der Waals surface area contributed by atoms with Gasteiger partial charge in [-0.25, -0.2) is 4.79 Å². The van der Waals surface area contributed by atoms with E-state index < -0.39 is 11.9 Å². The molecule has 144 valence electrons. The zero-order chi connectivity index (χ0) is 20.3. The Balaban J connectivity index is 1.94. The largest absolute Gasteiger partial charge is 0.494 e. The fourth-order valence-corrected chi connectivity index (χ4v) is 2.90. The minimum atomic E-state index is -0.532. The molecule has 0 saturated carbocycles. The van der Waals surface area contributed by atoms with E-state index >= 15 is 0 Å². The monoisotopic (exact) mass is 380 g/mol. The molecule has 0 bridgehead atoms. The normalized spacial score (nSPS) is 10.5. The van der Waals surface area contributed by atoms with Gasteiger partial charge in [-0.3, -0.25) is 9.59 Å². The molecule has 7 heteroatoms. The number of methoxy groups -OCH3 is 1. The van der Waals surface area contributed by atoms with Crippen molar-refractivity contribution in [3.8, 4) is 5.75 Å². The summed E-state index contributed by atoms with van der Waals surface area (Å²) in [5, 5.41) is 3.08. The van der Waals surface area contributed by atoms with Gasteiger partial charge in [0.2, 0.25) is 5.43 Å². The van der Waals surface area contributed by atoms with Crippen LogP contribution in [-0.4, -0.2) is 30.2 Å². The van der Waals surface area contributed by atoms with E-state index in [1.165, 1.54) is 25.4 Å². The van der Waals surface area contributed by atoms with Gasteiger partial charge >= 0.3 is 5.97 Å². The zero-order valence-corrected chi connectivity index (χ0v) is 15.8. The maximum Gasteiger partial charge on any atom is 0.337 e. The number of nitrogens with one attached hydrogen (secondary N) is 1. The molecule has 1 N–H and O–H groups in total. The Morgan fingerprint density at radius 3 is 2.46 bits per heavy atom. The molecule has 3 aromatic rings. The van der Waals surface area contributed by atoms with Crippen molar-refractivity contribution < 1.29 is 19.1 Å². The van der Waals surface area contributed by atoms with Crippen LogP contribution in [0.25, 0.3) is 10.9 Å². The summed E-state index contributed by atoms with van der Waals surface area (Å²) in [5.74, 6) is -0.426. The van der Waals surface area contributed by atoms with Crippen molar-refractivity contribution >= 4 is 28.5 Å². The maximum absolute atomic E-state index is 12.9. The van der Waals surface area contributed by atoms with Crippen LogP contribution in [0.15, 0.2) is 53.5 Å². The number of pyridine rings is 1. The molecule has 0 atom stereocenters. The van der Waals surface area contributed by atoms with Crippen LogP contribution in [0.1, 0.15) is 27.6 Å². The standard InChI is InChI=1S/C21H20N2O5/c1-4-28-15-9-10-18-16(11-15)19(24)17(12-23(18)2)20(25)22-14-7-5-13(6-8-14)21(26)27-3/h5-12H,4H2,1-3H3,(H,22,25). The van der Waals surface area contributed by atoms with Gasteiger partial charge in [-0.05, 0) is 49.4 Å². The topological polar surface area (TPSA) is 86.6 Å². The van der Waals surface area contributed by atoms with Gasteiger partial charge < -0.3 is 19.4 Å². The number of amides is 1. The number of esters is 1. The predicted octanol–water partition coefficient (Wildman–Crippen LogP) is 2.98. The molecule has 0 radical (unpaired) electrons. The third kappa shape index (κ3) is 3.73. The average Bonchev–Trinajstić information content (AvgIpc) is 2.70. The number of hydrogen-bond acceptors (Lipinski definition) is 5. The highest BCUT2D eigenvalue weighted by atomic mass is 16.5. The highest BCUT2D eigenvalue weighted by Crippen LogP contribution is 2.19. The minimum Gasteiger partial charge on any atom is -0.494 e. The van der Waals surface area contributed by atoms with Gasteiger partial charge in [-0.15, -0.1) is 0 Å². The van der Waals surface area contributed by atoms with Gasteiger partial charge in [0, 0.05) is 18.9 Å². The molecule has 0 aliphatic rings. The quantitative estimate of drug-likeness (QED) is 0.688. The number of hydrogen-bond donors (Lipinski definition) is 1. The number of rotatable bonds is 5. The second kappa shape index (κ2) is 7.96. The number of carbonyl (C=O) groups excluding carboxylic acids is 2. The van der Waals surface area contributed by atoms with Gasteiger partial charge in [0.1, 0.15) is 11.3 Å². The number of carbonyl (C=O) groups is 2. The van der Waals surface area contributed by atoms with Crippen LogP contribution in [0.4, 0.5) is 5.69 Å². The first-order valence-electron chi connectivity index (χ1n) is 8.70. The molecule has 0 aliphatic heterocycles. The lowest BCUT2D eigenvalue weighted by atomic mass is 10.1. The number of benzene rings is 2. The summed E-state index contributed by atoms with van der Waals surface area (Å²) in [5.41, 5.74) is 1.17. The van der Waals surface area contributed by atoms with E-state index in [0.29, 0.717) is 34.5 Å². The number of anilines is 1. The molecular weight excluding hydrogens is 360 g/mol. The van der Waals surface area contributed by atoms with Crippen molar-refractivity contribution in [3.63, 3.8) is 0 Å². The summed E-state index contributed by atoms with van der Waals surface area (Å²) in [7, 11) is 3.06. The Bertz CT molecular complexity index is 1100. The SMILES string of the molecule is CCOc1ccc2c(c1)c(=O)c(C(=O)Nc1ccc(C(=O)OC)cc1)cn2C. The van der Waals surface area contributed by atoms with E-state index in [0.717, 1.165) is 0 Å². The molecule has 1 aromatic heterocycles. The van der Waals surface area contributed by atoms with Gasteiger partial charge in [0.05, 0.1) is 30.2 Å². The van der Waals surface area contributed by atoms with Crippen LogP contribution in [-0.2, 0) is 11.8 Å². The average molecular weight is 380 g/mol. The van der Waals surface area contributed by atoms with Crippen molar-refractivity contribution in [1.29, 1.82) is 0 Å². The van der Waals surface area contributed by atoms with E-state index in [1.807, 2.05) is 6.92 Å². The van der Waals surface area contributed by atoms with Crippen molar-refractivity contribution in [3.05, 3.63) is 70.0 Å². The van der Waals surface area contributed by atoms with Crippen LogP contribution >= 0.6 is 0 Å². The number of aromatic nitrogens is 1. The molecule has 28 heavy (non-hydrogen) atoms. The molecule has 0 spiro atoms. The Kier molecular flexibility index (Phi) is 5.44. The third-order valence-corrected chi connectivity index (χ3v) is 4.28. The van der Waals surface area contributed by atoms with Gasteiger partial charge in [-0.1, -0.05) is 0 Å². The van der Waals surface area contributed by atoms with E-state index in [2.05, 4.69) is 10.1 Å². The molecule has 0 aliphatic carbocycles. The van der Waals surface area contributed by atoms with Crippen LogP contribution in [0.2, 0.25) is 0 Å². The van der Waals surface area contributed by atoms with Crippen molar-refractivity contribution in [2.24, 2.45) is 7.05 Å².